The van der Waals surface area contributed by atoms with Crippen molar-refractivity contribution in [3.63, 3.8) is 0 Å². The zero-order chi connectivity index (χ0) is 13.9. The largest absolute Gasteiger partial charge is 0.466 e. The first-order chi connectivity index (χ1) is 9.07. The van der Waals surface area contributed by atoms with Crippen molar-refractivity contribution >= 4 is 5.97 Å². The molecular weight excluding hydrogens is 240 g/mol. The Morgan fingerprint density at radius 2 is 2.00 bits per heavy atom. The van der Waals surface area contributed by atoms with Gasteiger partial charge in [-0.1, -0.05) is 0 Å². The van der Waals surface area contributed by atoms with Crippen LogP contribution in [0.15, 0.2) is 0 Å². The van der Waals surface area contributed by atoms with Crippen molar-refractivity contribution < 1.29 is 9.53 Å². The van der Waals surface area contributed by atoms with Gasteiger partial charge in [0.1, 0.15) is 0 Å². The molecule has 2 fully saturated rings. The second-order valence-electron chi connectivity index (χ2n) is 6.18. The fourth-order valence-electron chi connectivity index (χ4n) is 3.64. The monoisotopic (exact) mass is 268 g/mol. The maximum atomic E-state index is 12.0. The standard InChI is InChI=1S/C15H28N2O2/c1-4-19-14(18)12-15(17-8-5-6-9-17)7-10-16(3)13(2)11-15/h13H,4-12H2,1-3H3. The molecule has 0 aromatic rings. The Kier molecular flexibility index (Phi) is 4.85. The summed E-state index contributed by atoms with van der Waals surface area (Å²) >= 11 is 0. The van der Waals surface area contributed by atoms with Crippen LogP contribution in [0.2, 0.25) is 0 Å². The van der Waals surface area contributed by atoms with Gasteiger partial charge in [-0.25, -0.2) is 0 Å². The second kappa shape index (κ2) is 6.23. The molecule has 19 heavy (non-hydrogen) atoms. The molecular formula is C15H28N2O2. The minimum absolute atomic E-state index is 0.0221. The van der Waals surface area contributed by atoms with Crippen LogP contribution in [0.25, 0.3) is 0 Å². The summed E-state index contributed by atoms with van der Waals surface area (Å²) in [5, 5.41) is 0. The normalized spacial score (nSPS) is 33.5. The molecule has 2 aliphatic rings. The highest BCUT2D eigenvalue weighted by Crippen LogP contribution is 2.37. The average molecular weight is 268 g/mol. The third-order valence-corrected chi connectivity index (χ3v) is 4.91. The molecule has 0 spiro atoms. The number of rotatable bonds is 4. The highest BCUT2D eigenvalue weighted by molar-refractivity contribution is 5.71. The number of hydrogen-bond donors (Lipinski definition) is 0. The van der Waals surface area contributed by atoms with Crippen molar-refractivity contribution in [2.45, 2.75) is 57.5 Å². The zero-order valence-electron chi connectivity index (χ0n) is 12.7. The Labute approximate surface area is 117 Å². The van der Waals surface area contributed by atoms with Crippen molar-refractivity contribution in [1.29, 1.82) is 0 Å². The summed E-state index contributed by atoms with van der Waals surface area (Å²) in [6, 6.07) is 0.545. The Morgan fingerprint density at radius 1 is 1.32 bits per heavy atom. The number of esters is 1. The molecule has 4 heteroatoms. The smallest absolute Gasteiger partial charge is 0.307 e. The molecule has 2 heterocycles. The maximum absolute atomic E-state index is 12.0. The Bertz CT molecular complexity index is 315. The van der Waals surface area contributed by atoms with Gasteiger partial charge in [0.05, 0.1) is 13.0 Å². The van der Waals surface area contributed by atoms with E-state index in [-0.39, 0.29) is 11.5 Å². The highest BCUT2D eigenvalue weighted by atomic mass is 16.5. The quantitative estimate of drug-likeness (QED) is 0.729. The van der Waals surface area contributed by atoms with Crippen LogP contribution in [-0.4, -0.2) is 60.6 Å². The van der Waals surface area contributed by atoms with E-state index in [9.17, 15) is 4.79 Å². The molecule has 0 aromatic heterocycles. The van der Waals surface area contributed by atoms with Gasteiger partial charge < -0.3 is 9.64 Å². The van der Waals surface area contributed by atoms with Crippen LogP contribution in [0.3, 0.4) is 0 Å². The van der Waals surface area contributed by atoms with Gasteiger partial charge >= 0.3 is 5.97 Å². The number of nitrogens with zero attached hydrogens (tertiary/aromatic N) is 2. The minimum Gasteiger partial charge on any atom is -0.466 e. The van der Waals surface area contributed by atoms with Gasteiger partial charge in [-0.2, -0.15) is 0 Å². The first-order valence-electron chi connectivity index (χ1n) is 7.68. The van der Waals surface area contributed by atoms with Crippen molar-refractivity contribution in [1.82, 2.24) is 9.80 Å². The molecule has 0 bridgehead atoms. The minimum atomic E-state index is -0.0221. The fourth-order valence-corrected chi connectivity index (χ4v) is 3.64. The van der Waals surface area contributed by atoms with Gasteiger partial charge in [0, 0.05) is 11.6 Å². The number of hydrogen-bond acceptors (Lipinski definition) is 4. The van der Waals surface area contributed by atoms with Crippen molar-refractivity contribution in [2.24, 2.45) is 0 Å². The lowest BCUT2D eigenvalue weighted by molar-refractivity contribution is -0.148. The Morgan fingerprint density at radius 3 is 2.58 bits per heavy atom. The third kappa shape index (κ3) is 3.29. The highest BCUT2D eigenvalue weighted by Gasteiger charge is 2.44. The number of piperidine rings is 1. The van der Waals surface area contributed by atoms with Crippen molar-refractivity contribution in [3.8, 4) is 0 Å². The molecule has 110 valence electrons. The molecule has 2 rings (SSSR count). The van der Waals surface area contributed by atoms with Crippen LogP contribution >= 0.6 is 0 Å². The van der Waals surface area contributed by atoms with E-state index in [0.717, 1.165) is 32.5 Å². The molecule has 0 aliphatic carbocycles. The summed E-state index contributed by atoms with van der Waals surface area (Å²) in [7, 11) is 2.18. The molecule has 4 nitrogen and oxygen atoms in total. The van der Waals surface area contributed by atoms with Crippen LogP contribution in [0.1, 0.15) is 46.0 Å². The maximum Gasteiger partial charge on any atom is 0.307 e. The average Bonchev–Trinajstić information content (AvgIpc) is 2.88. The molecule has 0 saturated carbocycles. The molecule has 2 aliphatic heterocycles. The van der Waals surface area contributed by atoms with E-state index >= 15 is 0 Å². The summed E-state index contributed by atoms with van der Waals surface area (Å²) in [5.74, 6) is -0.0221. The van der Waals surface area contributed by atoms with Crippen LogP contribution < -0.4 is 0 Å². The van der Waals surface area contributed by atoms with Gasteiger partial charge in [0.25, 0.3) is 0 Å². The molecule has 0 aromatic carbocycles. The predicted octanol–water partition coefficient (Wildman–Crippen LogP) is 1.89. The summed E-state index contributed by atoms with van der Waals surface area (Å²) in [5.41, 5.74) is 0.0503. The lowest BCUT2D eigenvalue weighted by atomic mass is 9.79. The topological polar surface area (TPSA) is 32.8 Å². The van der Waals surface area contributed by atoms with Gasteiger partial charge in [0.15, 0.2) is 0 Å². The molecule has 2 atom stereocenters. The summed E-state index contributed by atoms with van der Waals surface area (Å²) in [6.45, 7) is 8.03. The van der Waals surface area contributed by atoms with E-state index in [1.807, 2.05) is 6.92 Å². The van der Waals surface area contributed by atoms with Gasteiger partial charge in [-0.15, -0.1) is 0 Å². The van der Waals surface area contributed by atoms with E-state index in [2.05, 4.69) is 23.8 Å². The van der Waals surface area contributed by atoms with E-state index in [1.165, 1.54) is 12.8 Å². The van der Waals surface area contributed by atoms with Gasteiger partial charge in [-0.05, 0) is 66.2 Å². The number of likely N-dealkylation sites (tertiary alicyclic amines) is 2. The first-order valence-corrected chi connectivity index (χ1v) is 7.68. The number of ether oxygens (including phenoxy) is 1. The van der Waals surface area contributed by atoms with E-state index in [1.54, 1.807) is 0 Å². The summed E-state index contributed by atoms with van der Waals surface area (Å²) in [4.78, 5) is 17.0. The second-order valence-corrected chi connectivity index (χ2v) is 6.18. The Hall–Kier alpha value is -0.610. The van der Waals surface area contributed by atoms with Crippen LogP contribution in [-0.2, 0) is 9.53 Å². The third-order valence-electron chi connectivity index (χ3n) is 4.91. The molecule has 0 amide bonds. The lowest BCUT2D eigenvalue weighted by Crippen LogP contribution is -2.57. The SMILES string of the molecule is CCOC(=O)CC1(N2CCCC2)CCN(C)C(C)C1. The first kappa shape index (κ1) is 14.8. The van der Waals surface area contributed by atoms with E-state index in [4.69, 9.17) is 4.74 Å². The number of carbonyl (C=O) groups is 1. The summed E-state index contributed by atoms with van der Waals surface area (Å²) < 4.78 is 5.21. The molecule has 2 saturated heterocycles. The van der Waals surface area contributed by atoms with Gasteiger partial charge in [0.2, 0.25) is 0 Å². The number of carbonyl (C=O) groups excluding carboxylic acids is 1. The van der Waals surface area contributed by atoms with Crippen molar-refractivity contribution in [3.05, 3.63) is 0 Å². The molecule has 2 unspecified atom stereocenters. The summed E-state index contributed by atoms with van der Waals surface area (Å²) in [6.07, 6.45) is 5.29. The van der Waals surface area contributed by atoms with E-state index < -0.39 is 0 Å². The van der Waals surface area contributed by atoms with E-state index in [0.29, 0.717) is 19.1 Å². The predicted molar refractivity (Wildman–Crippen MR) is 76.1 cm³/mol. The van der Waals surface area contributed by atoms with Crippen molar-refractivity contribution in [2.75, 3.05) is 33.3 Å². The fraction of sp³-hybridized carbons (Fsp3) is 0.933. The lowest BCUT2D eigenvalue weighted by Gasteiger charge is -2.49. The van der Waals surface area contributed by atoms with Crippen LogP contribution in [0, 0.1) is 0 Å². The van der Waals surface area contributed by atoms with Gasteiger partial charge in [-0.3, -0.25) is 9.69 Å². The molecule has 0 radical (unpaired) electrons. The van der Waals surface area contributed by atoms with Crippen LogP contribution in [0.4, 0.5) is 0 Å². The zero-order valence-corrected chi connectivity index (χ0v) is 12.7. The van der Waals surface area contributed by atoms with Crippen LogP contribution in [0.5, 0.6) is 0 Å². The Balaban J connectivity index is 2.10. The molecule has 0 N–H and O–H groups in total.